The van der Waals surface area contributed by atoms with Crippen LogP contribution in [0.25, 0.3) is 0 Å². The van der Waals surface area contributed by atoms with Gasteiger partial charge in [0.25, 0.3) is 0 Å². The van der Waals surface area contributed by atoms with Gasteiger partial charge in [0, 0.05) is 18.0 Å². The third-order valence-corrected chi connectivity index (χ3v) is 2.52. The zero-order valence-corrected chi connectivity index (χ0v) is 10.7. The van der Waals surface area contributed by atoms with Gasteiger partial charge in [-0.1, -0.05) is 11.6 Å². The van der Waals surface area contributed by atoms with Gasteiger partial charge in [-0.15, -0.1) is 0 Å². The second-order valence-electron chi connectivity index (χ2n) is 3.81. The van der Waals surface area contributed by atoms with E-state index in [0.29, 0.717) is 16.3 Å². The van der Waals surface area contributed by atoms with Crippen molar-refractivity contribution >= 4 is 11.6 Å². The lowest BCUT2D eigenvalue weighted by Gasteiger charge is -2.08. The van der Waals surface area contributed by atoms with E-state index in [0.717, 1.165) is 11.3 Å². The molecule has 18 heavy (non-hydrogen) atoms. The number of nitrogens with zero attached hydrogens (tertiary/aromatic N) is 3. The third-order valence-electron chi connectivity index (χ3n) is 2.32. The van der Waals surface area contributed by atoms with Gasteiger partial charge in [-0.05, 0) is 25.5 Å². The molecule has 0 fully saturated rings. The van der Waals surface area contributed by atoms with Crippen molar-refractivity contribution in [2.24, 2.45) is 0 Å². The molecule has 2 rings (SSSR count). The van der Waals surface area contributed by atoms with E-state index in [1.807, 2.05) is 19.9 Å². The lowest BCUT2D eigenvalue weighted by atomic mass is 10.1. The monoisotopic (exact) mass is 259 g/mol. The summed E-state index contributed by atoms with van der Waals surface area (Å²) in [6.07, 6.45) is 3.03. The van der Waals surface area contributed by atoms with Gasteiger partial charge in [-0.3, -0.25) is 4.98 Å². The van der Waals surface area contributed by atoms with Crippen molar-refractivity contribution in [2.45, 2.75) is 13.8 Å². The molecule has 0 saturated heterocycles. The number of hydrogen-bond acceptors (Lipinski definition) is 4. The Labute approximate surface area is 110 Å². The van der Waals surface area contributed by atoms with Crippen LogP contribution in [-0.4, -0.2) is 9.97 Å². The molecule has 0 unspecified atom stereocenters. The molecule has 0 aliphatic carbocycles. The minimum atomic E-state index is 0.277. The van der Waals surface area contributed by atoms with Crippen molar-refractivity contribution in [3.05, 3.63) is 46.4 Å². The first-order chi connectivity index (χ1) is 8.60. The number of hydrogen-bond donors (Lipinski definition) is 0. The molecule has 5 heteroatoms. The van der Waals surface area contributed by atoms with E-state index in [2.05, 4.69) is 16.0 Å². The van der Waals surface area contributed by atoms with E-state index in [9.17, 15) is 0 Å². The van der Waals surface area contributed by atoms with Gasteiger partial charge in [0.15, 0.2) is 0 Å². The van der Waals surface area contributed by atoms with Crippen LogP contribution in [0.3, 0.4) is 0 Å². The van der Waals surface area contributed by atoms with Gasteiger partial charge in [-0.25, -0.2) is 4.98 Å². The van der Waals surface area contributed by atoms with Crippen LogP contribution in [0.2, 0.25) is 5.02 Å². The summed E-state index contributed by atoms with van der Waals surface area (Å²) in [7, 11) is 0. The standard InChI is InChI=1S/C13H10ClN3O/c1-8-3-9(2)17-13(12(8)5-15)18-11-4-10(14)6-16-7-11/h3-4,6-7H,1-2H3. The highest BCUT2D eigenvalue weighted by atomic mass is 35.5. The highest BCUT2D eigenvalue weighted by molar-refractivity contribution is 6.30. The van der Waals surface area contributed by atoms with Crippen LogP contribution < -0.4 is 4.74 Å². The minimum absolute atomic E-state index is 0.277. The van der Waals surface area contributed by atoms with Crippen molar-refractivity contribution in [1.82, 2.24) is 9.97 Å². The van der Waals surface area contributed by atoms with Crippen LogP contribution in [0.4, 0.5) is 0 Å². The molecule has 0 N–H and O–H groups in total. The summed E-state index contributed by atoms with van der Waals surface area (Å²) in [5, 5.41) is 9.58. The van der Waals surface area contributed by atoms with E-state index in [4.69, 9.17) is 21.6 Å². The van der Waals surface area contributed by atoms with Gasteiger partial charge in [0.2, 0.25) is 5.88 Å². The predicted molar refractivity (Wildman–Crippen MR) is 67.7 cm³/mol. The fourth-order valence-electron chi connectivity index (χ4n) is 1.57. The number of aromatic nitrogens is 2. The molecule has 2 aromatic rings. The summed E-state index contributed by atoms with van der Waals surface area (Å²) < 4.78 is 5.56. The molecule has 0 aliphatic heterocycles. The Bertz CT molecular complexity index is 635. The molecule has 90 valence electrons. The van der Waals surface area contributed by atoms with Crippen molar-refractivity contribution in [3.63, 3.8) is 0 Å². The fraction of sp³-hybridized carbons (Fsp3) is 0.154. The molecule has 4 nitrogen and oxygen atoms in total. The number of halogens is 1. The lowest BCUT2D eigenvalue weighted by molar-refractivity contribution is 0.457. The molecule has 0 aliphatic rings. The van der Waals surface area contributed by atoms with Gasteiger partial charge >= 0.3 is 0 Å². The Hall–Kier alpha value is -2.12. The van der Waals surface area contributed by atoms with E-state index in [1.54, 1.807) is 6.07 Å². The molecule has 0 atom stereocenters. The number of pyridine rings is 2. The Kier molecular flexibility index (Phi) is 3.45. The second-order valence-corrected chi connectivity index (χ2v) is 4.25. The number of ether oxygens (including phenoxy) is 1. The van der Waals surface area contributed by atoms with Crippen LogP contribution >= 0.6 is 11.6 Å². The smallest absolute Gasteiger partial charge is 0.237 e. The molecule has 0 amide bonds. The molecule has 0 radical (unpaired) electrons. The highest BCUT2D eigenvalue weighted by Crippen LogP contribution is 2.26. The summed E-state index contributed by atoms with van der Waals surface area (Å²) >= 11 is 5.82. The van der Waals surface area contributed by atoms with Gasteiger partial charge in [-0.2, -0.15) is 5.26 Å². The van der Waals surface area contributed by atoms with Gasteiger partial charge in [0.05, 0.1) is 11.2 Å². The molecule has 2 heterocycles. The van der Waals surface area contributed by atoms with Crippen molar-refractivity contribution < 1.29 is 4.74 Å². The minimum Gasteiger partial charge on any atom is -0.436 e. The summed E-state index contributed by atoms with van der Waals surface area (Å²) in [4.78, 5) is 8.13. The summed E-state index contributed by atoms with van der Waals surface area (Å²) in [6, 6.07) is 5.54. The first-order valence-electron chi connectivity index (χ1n) is 5.27. The third kappa shape index (κ3) is 2.58. The SMILES string of the molecule is Cc1cc(C)c(C#N)c(Oc2cncc(Cl)c2)n1. The Morgan fingerprint density at radius 1 is 1.28 bits per heavy atom. The summed E-state index contributed by atoms with van der Waals surface area (Å²) in [5.41, 5.74) is 2.03. The van der Waals surface area contributed by atoms with Crippen LogP contribution in [0.1, 0.15) is 16.8 Å². The quantitative estimate of drug-likeness (QED) is 0.829. The zero-order chi connectivity index (χ0) is 13.1. The number of rotatable bonds is 2. The molecule has 0 spiro atoms. The molecule has 0 aromatic carbocycles. The maximum Gasteiger partial charge on any atom is 0.237 e. The maximum absolute atomic E-state index is 9.11. The number of nitriles is 1. The first-order valence-corrected chi connectivity index (χ1v) is 5.64. The lowest BCUT2D eigenvalue weighted by Crippen LogP contribution is -1.97. The van der Waals surface area contributed by atoms with E-state index >= 15 is 0 Å². The normalized spacial score (nSPS) is 9.89. The van der Waals surface area contributed by atoms with Gasteiger partial charge in [0.1, 0.15) is 17.4 Å². The van der Waals surface area contributed by atoms with Gasteiger partial charge < -0.3 is 4.74 Å². The fourth-order valence-corrected chi connectivity index (χ4v) is 1.74. The van der Waals surface area contributed by atoms with Crippen molar-refractivity contribution in [3.8, 4) is 17.7 Å². The summed E-state index contributed by atoms with van der Waals surface area (Å²) in [6.45, 7) is 3.69. The largest absolute Gasteiger partial charge is 0.436 e. The highest BCUT2D eigenvalue weighted by Gasteiger charge is 2.11. The van der Waals surface area contributed by atoms with Crippen LogP contribution in [-0.2, 0) is 0 Å². The number of aryl methyl sites for hydroxylation is 2. The van der Waals surface area contributed by atoms with Crippen LogP contribution in [0, 0.1) is 25.2 Å². The molecule has 2 aromatic heterocycles. The second kappa shape index (κ2) is 5.03. The maximum atomic E-state index is 9.11. The van der Waals surface area contributed by atoms with Crippen molar-refractivity contribution in [2.75, 3.05) is 0 Å². The molecule has 0 saturated carbocycles. The first kappa shape index (κ1) is 12.3. The average Bonchev–Trinajstić information content (AvgIpc) is 2.28. The Balaban J connectivity index is 2.43. The van der Waals surface area contributed by atoms with Crippen LogP contribution in [0.15, 0.2) is 24.5 Å². The Morgan fingerprint density at radius 2 is 2.06 bits per heavy atom. The predicted octanol–water partition coefficient (Wildman–Crippen LogP) is 3.41. The Morgan fingerprint density at radius 3 is 2.72 bits per heavy atom. The van der Waals surface area contributed by atoms with E-state index in [1.165, 1.54) is 12.4 Å². The topological polar surface area (TPSA) is 58.8 Å². The zero-order valence-electron chi connectivity index (χ0n) is 9.94. The van der Waals surface area contributed by atoms with Crippen LogP contribution in [0.5, 0.6) is 11.6 Å². The molecular formula is C13H10ClN3O. The summed E-state index contributed by atoms with van der Waals surface area (Å²) in [5.74, 6) is 0.732. The van der Waals surface area contributed by atoms with E-state index < -0.39 is 0 Å². The molecule has 0 bridgehead atoms. The van der Waals surface area contributed by atoms with E-state index in [-0.39, 0.29) is 5.88 Å². The van der Waals surface area contributed by atoms with Crippen molar-refractivity contribution in [1.29, 1.82) is 5.26 Å². The average molecular weight is 260 g/mol. The molecular weight excluding hydrogens is 250 g/mol.